The highest BCUT2D eigenvalue weighted by Crippen LogP contribution is 2.21. The average Bonchev–Trinajstić information content (AvgIpc) is 2.87. The standard InChI is InChI=1S/C16H21NO4/c1-2-3-4-11-5-7-12(8-6-11)15(19)17-10-13(18)9-14(17)16(20)21/h5-8,13-14,18H,2-4,9-10H2,1H3,(H,20,21)/t13?,14-/m0/s1. The second kappa shape index (κ2) is 6.72. The molecule has 21 heavy (non-hydrogen) atoms. The summed E-state index contributed by atoms with van der Waals surface area (Å²) in [4.78, 5) is 24.8. The maximum Gasteiger partial charge on any atom is 0.326 e. The molecular weight excluding hydrogens is 270 g/mol. The van der Waals surface area contributed by atoms with Crippen molar-refractivity contribution in [3.63, 3.8) is 0 Å². The Morgan fingerprint density at radius 1 is 1.29 bits per heavy atom. The molecule has 1 fully saturated rings. The third-order valence-electron chi connectivity index (χ3n) is 3.84. The SMILES string of the molecule is CCCCc1ccc(C(=O)N2CC(O)C[C@H]2C(=O)O)cc1. The predicted molar refractivity (Wildman–Crippen MR) is 78.1 cm³/mol. The first-order valence-electron chi connectivity index (χ1n) is 7.33. The molecule has 1 aromatic carbocycles. The Kier molecular flexibility index (Phi) is 4.96. The molecule has 2 rings (SSSR count). The maximum absolute atomic E-state index is 12.4. The lowest BCUT2D eigenvalue weighted by Crippen LogP contribution is -2.40. The number of unbranched alkanes of at least 4 members (excludes halogenated alkanes) is 1. The minimum atomic E-state index is -1.07. The zero-order chi connectivity index (χ0) is 15.4. The molecule has 0 saturated carbocycles. The van der Waals surface area contributed by atoms with Crippen molar-refractivity contribution in [3.05, 3.63) is 35.4 Å². The van der Waals surface area contributed by atoms with Gasteiger partial charge in [-0.25, -0.2) is 4.79 Å². The van der Waals surface area contributed by atoms with E-state index < -0.39 is 18.1 Å². The van der Waals surface area contributed by atoms with E-state index in [1.54, 1.807) is 12.1 Å². The van der Waals surface area contributed by atoms with Crippen LogP contribution in [0.25, 0.3) is 0 Å². The van der Waals surface area contributed by atoms with Gasteiger partial charge in [-0.2, -0.15) is 0 Å². The van der Waals surface area contributed by atoms with Crippen molar-refractivity contribution in [3.8, 4) is 0 Å². The van der Waals surface area contributed by atoms with E-state index in [0.29, 0.717) is 5.56 Å². The molecule has 1 heterocycles. The van der Waals surface area contributed by atoms with Crippen LogP contribution in [-0.2, 0) is 11.2 Å². The molecule has 0 aliphatic carbocycles. The molecule has 1 aliphatic rings. The zero-order valence-electron chi connectivity index (χ0n) is 12.2. The second-order valence-corrected chi connectivity index (χ2v) is 5.50. The number of benzene rings is 1. The van der Waals surface area contributed by atoms with E-state index in [2.05, 4.69) is 6.92 Å². The van der Waals surface area contributed by atoms with E-state index in [1.165, 1.54) is 10.5 Å². The molecule has 1 amide bonds. The largest absolute Gasteiger partial charge is 0.480 e. The van der Waals surface area contributed by atoms with Gasteiger partial charge in [-0.3, -0.25) is 4.79 Å². The number of carboxylic acid groups (broad SMARTS) is 1. The van der Waals surface area contributed by atoms with E-state index in [1.807, 2.05) is 12.1 Å². The van der Waals surface area contributed by atoms with Crippen LogP contribution < -0.4 is 0 Å². The number of aliphatic carboxylic acids is 1. The molecule has 0 bridgehead atoms. The van der Waals surface area contributed by atoms with Crippen LogP contribution in [0.2, 0.25) is 0 Å². The Labute approximate surface area is 124 Å². The summed E-state index contributed by atoms with van der Waals surface area (Å²) in [5.74, 6) is -1.40. The van der Waals surface area contributed by atoms with Crippen molar-refractivity contribution < 1.29 is 19.8 Å². The molecule has 114 valence electrons. The molecule has 1 aromatic rings. The summed E-state index contributed by atoms with van der Waals surface area (Å²) in [7, 11) is 0. The van der Waals surface area contributed by atoms with Crippen molar-refractivity contribution in [1.29, 1.82) is 0 Å². The van der Waals surface area contributed by atoms with Crippen molar-refractivity contribution in [1.82, 2.24) is 4.90 Å². The van der Waals surface area contributed by atoms with Crippen LogP contribution in [0.3, 0.4) is 0 Å². The van der Waals surface area contributed by atoms with Gasteiger partial charge in [0, 0.05) is 18.5 Å². The predicted octanol–water partition coefficient (Wildman–Crippen LogP) is 1.69. The number of likely N-dealkylation sites (tertiary alicyclic amines) is 1. The normalized spacial score (nSPS) is 21.5. The number of nitrogens with zero attached hydrogens (tertiary/aromatic N) is 1. The third kappa shape index (κ3) is 3.61. The van der Waals surface area contributed by atoms with Crippen molar-refractivity contribution in [2.45, 2.75) is 44.8 Å². The second-order valence-electron chi connectivity index (χ2n) is 5.50. The lowest BCUT2D eigenvalue weighted by atomic mass is 10.1. The van der Waals surface area contributed by atoms with Gasteiger partial charge in [0.05, 0.1) is 6.10 Å². The number of hydrogen-bond acceptors (Lipinski definition) is 3. The summed E-state index contributed by atoms with van der Waals surface area (Å²) in [6, 6.07) is 6.34. The number of aliphatic hydroxyl groups is 1. The molecule has 2 N–H and O–H groups in total. The highest BCUT2D eigenvalue weighted by Gasteiger charge is 2.39. The summed E-state index contributed by atoms with van der Waals surface area (Å²) in [5, 5.41) is 18.7. The lowest BCUT2D eigenvalue weighted by molar-refractivity contribution is -0.141. The number of aliphatic hydroxyl groups excluding tert-OH is 1. The van der Waals surface area contributed by atoms with Gasteiger partial charge in [0.25, 0.3) is 5.91 Å². The van der Waals surface area contributed by atoms with Gasteiger partial charge in [0.15, 0.2) is 0 Å². The fourth-order valence-corrected chi connectivity index (χ4v) is 2.63. The van der Waals surface area contributed by atoms with Crippen LogP contribution in [0.5, 0.6) is 0 Å². The van der Waals surface area contributed by atoms with Crippen LogP contribution in [0, 0.1) is 0 Å². The molecule has 1 saturated heterocycles. The van der Waals surface area contributed by atoms with Gasteiger partial charge >= 0.3 is 5.97 Å². The van der Waals surface area contributed by atoms with Crippen molar-refractivity contribution in [2.75, 3.05) is 6.54 Å². The fraction of sp³-hybridized carbons (Fsp3) is 0.500. The van der Waals surface area contributed by atoms with Gasteiger partial charge in [-0.1, -0.05) is 25.5 Å². The summed E-state index contributed by atoms with van der Waals surface area (Å²) in [6.45, 7) is 2.20. The zero-order valence-corrected chi connectivity index (χ0v) is 12.2. The number of carboxylic acids is 1. The average molecular weight is 291 g/mol. The van der Waals surface area contributed by atoms with Gasteiger partial charge in [0.1, 0.15) is 6.04 Å². The quantitative estimate of drug-likeness (QED) is 0.865. The summed E-state index contributed by atoms with van der Waals surface area (Å²) < 4.78 is 0. The maximum atomic E-state index is 12.4. The number of β-amino-alcohol motifs (C(OH)–C–C–N with tert-alkyl or cyclic N) is 1. The smallest absolute Gasteiger partial charge is 0.326 e. The van der Waals surface area contributed by atoms with Gasteiger partial charge in [-0.05, 0) is 30.5 Å². The molecule has 2 atom stereocenters. The molecule has 5 heteroatoms. The summed E-state index contributed by atoms with van der Waals surface area (Å²) in [6.07, 6.45) is 2.53. The minimum Gasteiger partial charge on any atom is -0.480 e. The van der Waals surface area contributed by atoms with Crippen LogP contribution >= 0.6 is 0 Å². The van der Waals surface area contributed by atoms with E-state index in [9.17, 15) is 14.7 Å². The molecule has 0 radical (unpaired) electrons. The van der Waals surface area contributed by atoms with Crippen molar-refractivity contribution in [2.24, 2.45) is 0 Å². The number of aryl methyl sites for hydroxylation is 1. The Bertz CT molecular complexity index is 512. The highest BCUT2D eigenvalue weighted by molar-refractivity contribution is 5.97. The van der Waals surface area contributed by atoms with E-state index in [4.69, 9.17) is 5.11 Å². The Balaban J connectivity index is 2.10. The van der Waals surface area contributed by atoms with Gasteiger partial charge < -0.3 is 15.1 Å². The molecular formula is C16H21NO4. The molecule has 1 aliphatic heterocycles. The Morgan fingerprint density at radius 2 is 1.95 bits per heavy atom. The molecule has 0 aromatic heterocycles. The number of amides is 1. The van der Waals surface area contributed by atoms with E-state index in [-0.39, 0.29) is 18.9 Å². The fourth-order valence-electron chi connectivity index (χ4n) is 2.63. The summed E-state index contributed by atoms with van der Waals surface area (Å²) in [5.41, 5.74) is 1.64. The number of carbonyl (C=O) groups is 2. The molecule has 5 nitrogen and oxygen atoms in total. The van der Waals surface area contributed by atoms with E-state index in [0.717, 1.165) is 19.3 Å². The van der Waals surface area contributed by atoms with Crippen LogP contribution in [0.15, 0.2) is 24.3 Å². The first-order valence-corrected chi connectivity index (χ1v) is 7.33. The monoisotopic (exact) mass is 291 g/mol. The molecule has 1 unspecified atom stereocenters. The topological polar surface area (TPSA) is 77.8 Å². The minimum absolute atomic E-state index is 0.0768. The van der Waals surface area contributed by atoms with Crippen LogP contribution in [0.4, 0.5) is 0 Å². The first kappa shape index (κ1) is 15.5. The van der Waals surface area contributed by atoms with Gasteiger partial charge in [-0.15, -0.1) is 0 Å². The van der Waals surface area contributed by atoms with E-state index >= 15 is 0 Å². The van der Waals surface area contributed by atoms with Crippen LogP contribution in [-0.4, -0.2) is 45.7 Å². The number of hydrogen-bond donors (Lipinski definition) is 2. The Hall–Kier alpha value is -1.88. The summed E-state index contributed by atoms with van der Waals surface area (Å²) >= 11 is 0. The first-order chi connectivity index (χ1) is 10.0. The van der Waals surface area contributed by atoms with Gasteiger partial charge in [0.2, 0.25) is 0 Å². The Morgan fingerprint density at radius 3 is 2.52 bits per heavy atom. The van der Waals surface area contributed by atoms with Crippen LogP contribution in [0.1, 0.15) is 42.1 Å². The number of carbonyl (C=O) groups excluding carboxylic acids is 1. The third-order valence-corrected chi connectivity index (χ3v) is 3.84. The van der Waals surface area contributed by atoms with Crippen molar-refractivity contribution >= 4 is 11.9 Å². The molecule has 0 spiro atoms. The lowest BCUT2D eigenvalue weighted by Gasteiger charge is -2.21. The highest BCUT2D eigenvalue weighted by atomic mass is 16.4. The number of rotatable bonds is 5.